The molecule has 0 radical (unpaired) electrons. The maximum atomic E-state index is 5.12. The van der Waals surface area contributed by atoms with Crippen LogP contribution >= 0.6 is 0 Å². The van der Waals surface area contributed by atoms with Gasteiger partial charge >= 0.3 is 0 Å². The van der Waals surface area contributed by atoms with Crippen LogP contribution < -0.4 is 5.32 Å². The number of hydrogen-bond acceptors (Lipinski definition) is 2. The molecule has 0 heterocycles. The second-order valence-corrected chi connectivity index (χ2v) is 13.6. The number of benzene rings is 9. The highest BCUT2D eigenvalue weighted by atomic mass is 14.9. The smallest absolute Gasteiger partial charge is 0.0943 e. The van der Waals surface area contributed by atoms with Gasteiger partial charge in [0.1, 0.15) is 0 Å². The maximum absolute atomic E-state index is 5.12. The number of aliphatic imine (C=N–C) groups is 1. The molecule has 0 aromatic heterocycles. The maximum Gasteiger partial charge on any atom is 0.0943 e. The Balaban J connectivity index is 1.18. The quantitative estimate of drug-likeness (QED) is 0.0904. The SMILES string of the molecule is C(=N/C(=C(\Nc1ccc(-c2c3ccccc3c(-c3ccccc3-c3ccccc3)c3ccccc23)cc1)c1ccccc1)c1ccccc1)c1ccccc1. The molecule has 1 N–H and O–H groups in total. The molecule has 2 heteroatoms. The molecule has 0 fully saturated rings. The molecule has 0 aliphatic heterocycles. The van der Waals surface area contributed by atoms with Crippen molar-refractivity contribution < 1.29 is 0 Å². The average molecular weight is 703 g/mol. The molecule has 9 aromatic rings. The van der Waals surface area contributed by atoms with Crippen LogP contribution in [0.2, 0.25) is 0 Å². The summed E-state index contributed by atoms with van der Waals surface area (Å²) in [5, 5.41) is 8.73. The van der Waals surface area contributed by atoms with Crippen LogP contribution in [-0.4, -0.2) is 6.21 Å². The number of fused-ring (bicyclic) bond motifs is 2. The summed E-state index contributed by atoms with van der Waals surface area (Å²) in [5.74, 6) is 0. The van der Waals surface area contributed by atoms with Gasteiger partial charge in [-0.25, -0.2) is 0 Å². The van der Waals surface area contributed by atoms with E-state index in [0.29, 0.717) is 0 Å². The number of nitrogens with one attached hydrogen (secondary N) is 1. The normalized spacial score (nSPS) is 11.9. The predicted molar refractivity (Wildman–Crippen MR) is 235 cm³/mol. The first-order chi connectivity index (χ1) is 27.3. The van der Waals surface area contributed by atoms with Crippen LogP contribution in [0.3, 0.4) is 0 Å². The summed E-state index contributed by atoms with van der Waals surface area (Å²) < 4.78 is 0. The van der Waals surface area contributed by atoms with E-state index < -0.39 is 0 Å². The van der Waals surface area contributed by atoms with Gasteiger partial charge in [-0.15, -0.1) is 0 Å². The summed E-state index contributed by atoms with van der Waals surface area (Å²) in [6, 6.07) is 77.1. The van der Waals surface area contributed by atoms with Crippen LogP contribution in [0.15, 0.2) is 223 Å². The Morgan fingerprint density at radius 1 is 0.364 bits per heavy atom. The highest BCUT2D eigenvalue weighted by Crippen LogP contribution is 2.46. The van der Waals surface area contributed by atoms with Gasteiger partial charge in [0.05, 0.1) is 11.4 Å². The number of rotatable bonds is 9. The Kier molecular flexibility index (Phi) is 9.37. The van der Waals surface area contributed by atoms with Crippen molar-refractivity contribution in [1.29, 1.82) is 0 Å². The molecule has 0 aliphatic carbocycles. The molecular formula is C53H38N2. The van der Waals surface area contributed by atoms with Crippen molar-refractivity contribution in [2.24, 2.45) is 4.99 Å². The van der Waals surface area contributed by atoms with E-state index in [2.05, 4.69) is 193 Å². The zero-order chi connectivity index (χ0) is 36.8. The van der Waals surface area contributed by atoms with Gasteiger partial charge < -0.3 is 5.32 Å². The van der Waals surface area contributed by atoms with Crippen molar-refractivity contribution >= 4 is 44.8 Å². The third-order valence-electron chi connectivity index (χ3n) is 10.1. The topological polar surface area (TPSA) is 24.4 Å². The van der Waals surface area contributed by atoms with E-state index in [1.165, 1.54) is 49.4 Å². The fourth-order valence-corrected chi connectivity index (χ4v) is 7.60. The number of anilines is 1. The van der Waals surface area contributed by atoms with Crippen molar-refractivity contribution in [2.75, 3.05) is 5.32 Å². The van der Waals surface area contributed by atoms with Crippen molar-refractivity contribution in [2.45, 2.75) is 0 Å². The molecular weight excluding hydrogens is 665 g/mol. The molecule has 0 saturated heterocycles. The van der Waals surface area contributed by atoms with Gasteiger partial charge in [-0.05, 0) is 72.6 Å². The second kappa shape index (κ2) is 15.4. The first kappa shape index (κ1) is 33.5. The lowest BCUT2D eigenvalue weighted by molar-refractivity contribution is 1.46. The molecule has 0 aliphatic rings. The van der Waals surface area contributed by atoms with E-state index in [-0.39, 0.29) is 0 Å². The Bertz CT molecular complexity index is 2730. The lowest BCUT2D eigenvalue weighted by atomic mass is 9.84. The van der Waals surface area contributed by atoms with Crippen LogP contribution in [-0.2, 0) is 0 Å². The summed E-state index contributed by atoms with van der Waals surface area (Å²) in [5.41, 5.74) is 13.2. The lowest BCUT2D eigenvalue weighted by Gasteiger charge is -2.20. The van der Waals surface area contributed by atoms with E-state index in [1.54, 1.807) is 0 Å². The van der Waals surface area contributed by atoms with Crippen molar-refractivity contribution in [3.63, 3.8) is 0 Å². The average Bonchev–Trinajstić information content (AvgIpc) is 3.27. The monoisotopic (exact) mass is 702 g/mol. The molecule has 55 heavy (non-hydrogen) atoms. The standard InChI is InChI=1S/C53H38N2/c1-5-19-38(20-6-1)37-54-52(41-23-9-3-10-24-41)53(42-25-11-4-12-26-42)55-43-35-33-40(34-36-43)50-46-29-15-17-31-48(46)51(49-32-18-16-30-47(49)50)45-28-14-13-27-44(45)39-21-7-2-8-22-39/h1-37,55H/b53-52-,54-37?. The minimum Gasteiger partial charge on any atom is -0.353 e. The molecule has 0 saturated carbocycles. The van der Waals surface area contributed by atoms with Gasteiger partial charge in [0.15, 0.2) is 0 Å². The molecule has 0 amide bonds. The van der Waals surface area contributed by atoms with Gasteiger partial charge in [0.25, 0.3) is 0 Å². The Morgan fingerprint density at radius 2 is 0.818 bits per heavy atom. The Hall–Kier alpha value is -7.29. The first-order valence-corrected chi connectivity index (χ1v) is 18.7. The van der Waals surface area contributed by atoms with Crippen LogP contribution in [0.5, 0.6) is 0 Å². The highest BCUT2D eigenvalue weighted by molar-refractivity contribution is 6.22. The van der Waals surface area contributed by atoms with E-state index in [9.17, 15) is 0 Å². The van der Waals surface area contributed by atoms with Gasteiger partial charge in [0, 0.05) is 23.0 Å². The van der Waals surface area contributed by atoms with Crippen LogP contribution in [0.4, 0.5) is 5.69 Å². The van der Waals surface area contributed by atoms with E-state index in [1.807, 2.05) is 36.5 Å². The van der Waals surface area contributed by atoms with Crippen LogP contribution in [0, 0.1) is 0 Å². The molecule has 9 aromatic carbocycles. The second-order valence-electron chi connectivity index (χ2n) is 13.6. The zero-order valence-electron chi connectivity index (χ0n) is 30.3. The van der Waals surface area contributed by atoms with Crippen molar-refractivity contribution in [3.8, 4) is 33.4 Å². The molecule has 2 nitrogen and oxygen atoms in total. The van der Waals surface area contributed by atoms with Crippen molar-refractivity contribution in [3.05, 3.63) is 235 Å². The highest BCUT2D eigenvalue weighted by Gasteiger charge is 2.19. The molecule has 9 rings (SSSR count). The summed E-state index contributed by atoms with van der Waals surface area (Å²) in [6.07, 6.45) is 1.94. The summed E-state index contributed by atoms with van der Waals surface area (Å²) in [6.45, 7) is 0. The van der Waals surface area contributed by atoms with E-state index >= 15 is 0 Å². The van der Waals surface area contributed by atoms with Gasteiger partial charge in [-0.2, -0.15) is 0 Å². The lowest BCUT2D eigenvalue weighted by Crippen LogP contribution is -2.03. The Morgan fingerprint density at radius 3 is 1.40 bits per heavy atom. The third-order valence-corrected chi connectivity index (χ3v) is 10.1. The van der Waals surface area contributed by atoms with Gasteiger partial charge in [0.2, 0.25) is 0 Å². The third kappa shape index (κ3) is 6.85. The molecule has 0 atom stereocenters. The van der Waals surface area contributed by atoms with Gasteiger partial charge in [-0.3, -0.25) is 4.99 Å². The van der Waals surface area contributed by atoms with Gasteiger partial charge in [-0.1, -0.05) is 206 Å². The fraction of sp³-hybridized carbons (Fsp3) is 0. The first-order valence-electron chi connectivity index (χ1n) is 18.7. The minimum atomic E-state index is 0.864. The van der Waals surface area contributed by atoms with E-state index in [0.717, 1.165) is 39.3 Å². The molecule has 260 valence electrons. The summed E-state index contributed by atoms with van der Waals surface area (Å²) in [7, 11) is 0. The predicted octanol–water partition coefficient (Wildman–Crippen LogP) is 14.1. The molecule has 0 unspecified atom stereocenters. The molecule has 0 bridgehead atoms. The van der Waals surface area contributed by atoms with Crippen LogP contribution in [0.1, 0.15) is 16.7 Å². The number of hydrogen-bond donors (Lipinski definition) is 1. The Labute approximate surface area is 322 Å². The zero-order valence-corrected chi connectivity index (χ0v) is 30.3. The van der Waals surface area contributed by atoms with Crippen molar-refractivity contribution in [1.82, 2.24) is 0 Å². The summed E-state index contributed by atoms with van der Waals surface area (Å²) in [4.78, 5) is 5.12. The molecule has 0 spiro atoms. The fourth-order valence-electron chi connectivity index (χ4n) is 7.60. The number of nitrogens with zero attached hydrogens (tertiary/aromatic N) is 1. The van der Waals surface area contributed by atoms with E-state index in [4.69, 9.17) is 4.99 Å². The summed E-state index contributed by atoms with van der Waals surface area (Å²) >= 11 is 0. The largest absolute Gasteiger partial charge is 0.353 e. The van der Waals surface area contributed by atoms with Crippen LogP contribution in [0.25, 0.3) is 66.3 Å². The minimum absolute atomic E-state index is 0.864.